The molecule has 0 amide bonds. The van der Waals surface area contributed by atoms with E-state index in [1.54, 1.807) is 30.3 Å². The summed E-state index contributed by atoms with van der Waals surface area (Å²) in [4.78, 5) is 11.3. The van der Waals surface area contributed by atoms with E-state index in [0.29, 0.717) is 17.9 Å². The van der Waals surface area contributed by atoms with Gasteiger partial charge in [0, 0.05) is 12.2 Å². The molecule has 0 aromatic heterocycles. The van der Waals surface area contributed by atoms with Crippen LogP contribution in [0.3, 0.4) is 0 Å². The maximum absolute atomic E-state index is 12.9. The van der Waals surface area contributed by atoms with Crippen LogP contribution in [0.1, 0.15) is 42.5 Å². The lowest BCUT2D eigenvalue weighted by Crippen LogP contribution is -2.17. The summed E-state index contributed by atoms with van der Waals surface area (Å²) in [5, 5.41) is 12.4. The molecule has 0 unspecified atom stereocenters. The van der Waals surface area contributed by atoms with Gasteiger partial charge in [0.25, 0.3) is 10.0 Å². The van der Waals surface area contributed by atoms with Crippen molar-refractivity contribution in [1.29, 1.82) is 0 Å². The smallest absolute Gasteiger partial charge is 0.335 e. The molecule has 2 aromatic carbocycles. The second-order valence-corrected chi connectivity index (χ2v) is 8.42. The third-order valence-electron chi connectivity index (χ3n) is 4.69. The largest absolute Gasteiger partial charge is 0.478 e. The Labute approximate surface area is 165 Å². The van der Waals surface area contributed by atoms with Crippen molar-refractivity contribution in [2.24, 2.45) is 0 Å². The monoisotopic (exact) mass is 400 g/mol. The second kappa shape index (κ2) is 8.93. The van der Waals surface area contributed by atoms with Crippen LogP contribution >= 0.6 is 0 Å². The third kappa shape index (κ3) is 5.13. The first-order chi connectivity index (χ1) is 13.5. The number of carboxylic acids is 1. The van der Waals surface area contributed by atoms with Gasteiger partial charge in [0.2, 0.25) is 0 Å². The fraction of sp³-hybridized carbons (Fsp3) is 0.286. The highest BCUT2D eigenvalue weighted by atomic mass is 32.2. The van der Waals surface area contributed by atoms with E-state index in [4.69, 9.17) is 0 Å². The van der Waals surface area contributed by atoms with Gasteiger partial charge in [-0.1, -0.05) is 29.8 Å². The van der Waals surface area contributed by atoms with Gasteiger partial charge < -0.3 is 10.4 Å². The van der Waals surface area contributed by atoms with Gasteiger partial charge in [-0.2, -0.15) is 0 Å². The second-order valence-electron chi connectivity index (χ2n) is 6.77. The van der Waals surface area contributed by atoms with E-state index in [0.717, 1.165) is 19.3 Å². The van der Waals surface area contributed by atoms with Crippen molar-refractivity contribution in [1.82, 2.24) is 0 Å². The first-order valence-electron chi connectivity index (χ1n) is 9.33. The van der Waals surface area contributed by atoms with Gasteiger partial charge in [0.1, 0.15) is 4.90 Å². The molecule has 7 heteroatoms. The number of carboxylic acid groups (broad SMARTS) is 1. The average molecular weight is 400 g/mol. The molecule has 3 N–H and O–H groups in total. The number of rotatable bonds is 8. The number of nitrogens with one attached hydrogen (secondary N) is 2. The van der Waals surface area contributed by atoms with E-state index in [1.807, 2.05) is 0 Å². The molecule has 0 heterocycles. The van der Waals surface area contributed by atoms with Gasteiger partial charge in [-0.05, 0) is 62.4 Å². The van der Waals surface area contributed by atoms with Crippen molar-refractivity contribution in [3.63, 3.8) is 0 Å². The van der Waals surface area contributed by atoms with Crippen LogP contribution in [0.4, 0.5) is 11.4 Å². The van der Waals surface area contributed by atoms with Crippen LogP contribution in [0.15, 0.2) is 65.1 Å². The molecule has 1 aliphatic rings. The van der Waals surface area contributed by atoms with Crippen molar-refractivity contribution >= 4 is 27.4 Å². The Morgan fingerprint density at radius 3 is 2.54 bits per heavy atom. The van der Waals surface area contributed by atoms with Crippen molar-refractivity contribution in [2.45, 2.75) is 37.0 Å². The molecule has 0 fully saturated rings. The number of allylic oxidation sites excluding steroid dienone is 1. The predicted octanol–water partition coefficient (Wildman–Crippen LogP) is 4.49. The van der Waals surface area contributed by atoms with Gasteiger partial charge in [0.15, 0.2) is 0 Å². The zero-order chi connectivity index (χ0) is 20.0. The summed E-state index contributed by atoms with van der Waals surface area (Å²) < 4.78 is 28.3. The number of sulfonamides is 1. The van der Waals surface area contributed by atoms with Crippen LogP contribution in [-0.2, 0) is 10.0 Å². The molecule has 6 nitrogen and oxygen atoms in total. The maximum Gasteiger partial charge on any atom is 0.335 e. The highest BCUT2D eigenvalue weighted by molar-refractivity contribution is 7.92. The topological polar surface area (TPSA) is 95.5 Å². The molecule has 0 aliphatic heterocycles. The highest BCUT2D eigenvalue weighted by Crippen LogP contribution is 2.26. The standard InChI is InChI=1S/C21H24N2O4S/c24-21(25)17-11-12-19(22-14-13-16-7-3-1-4-8-16)20(15-17)28(26,27)23-18-9-5-2-6-10-18/h2,5-7,9-12,15,22-23H,1,3-4,8,13-14H2,(H,24,25). The van der Waals surface area contributed by atoms with Crippen LogP contribution in [0, 0.1) is 0 Å². The molecule has 0 saturated carbocycles. The van der Waals surface area contributed by atoms with E-state index < -0.39 is 16.0 Å². The Morgan fingerprint density at radius 1 is 1.07 bits per heavy atom. The molecular weight excluding hydrogens is 376 g/mol. The average Bonchev–Trinajstić information content (AvgIpc) is 2.69. The Balaban J connectivity index is 1.83. The van der Waals surface area contributed by atoms with Gasteiger partial charge >= 0.3 is 5.97 Å². The van der Waals surface area contributed by atoms with Gasteiger partial charge in [0.05, 0.1) is 11.3 Å². The van der Waals surface area contributed by atoms with E-state index in [-0.39, 0.29) is 10.5 Å². The minimum absolute atomic E-state index is 0.0750. The van der Waals surface area contributed by atoms with Crippen LogP contribution in [0.25, 0.3) is 0 Å². The lowest BCUT2D eigenvalue weighted by molar-refractivity contribution is 0.0696. The number of para-hydroxylation sites is 1. The number of anilines is 2. The minimum atomic E-state index is -3.95. The molecule has 1 aliphatic carbocycles. The highest BCUT2D eigenvalue weighted by Gasteiger charge is 2.21. The van der Waals surface area contributed by atoms with Crippen LogP contribution in [-0.4, -0.2) is 26.0 Å². The van der Waals surface area contributed by atoms with Crippen molar-refractivity contribution < 1.29 is 18.3 Å². The molecule has 0 atom stereocenters. The Kier molecular flexibility index (Phi) is 6.36. The molecule has 0 radical (unpaired) electrons. The molecule has 0 bridgehead atoms. The van der Waals surface area contributed by atoms with E-state index in [1.165, 1.54) is 36.6 Å². The van der Waals surface area contributed by atoms with Crippen molar-refractivity contribution in [3.05, 3.63) is 65.7 Å². The number of benzene rings is 2. The van der Waals surface area contributed by atoms with Crippen LogP contribution in [0.2, 0.25) is 0 Å². The molecule has 0 spiro atoms. The van der Waals surface area contributed by atoms with E-state index in [2.05, 4.69) is 16.1 Å². The Morgan fingerprint density at radius 2 is 1.86 bits per heavy atom. The lowest BCUT2D eigenvalue weighted by atomic mass is 9.97. The summed E-state index contributed by atoms with van der Waals surface area (Å²) in [7, 11) is -3.95. The summed E-state index contributed by atoms with van der Waals surface area (Å²) in [5.41, 5.74) is 2.12. The number of hydrogen-bond acceptors (Lipinski definition) is 4. The van der Waals surface area contributed by atoms with Gasteiger partial charge in [-0.3, -0.25) is 4.72 Å². The third-order valence-corrected chi connectivity index (χ3v) is 6.11. The molecule has 148 valence electrons. The van der Waals surface area contributed by atoms with Gasteiger partial charge in [-0.15, -0.1) is 0 Å². The Bertz CT molecular complexity index is 969. The summed E-state index contributed by atoms with van der Waals surface area (Å²) in [6, 6.07) is 12.6. The number of aromatic carboxylic acids is 1. The van der Waals surface area contributed by atoms with E-state index >= 15 is 0 Å². The number of hydrogen-bond donors (Lipinski definition) is 3. The van der Waals surface area contributed by atoms with Crippen molar-refractivity contribution in [3.8, 4) is 0 Å². The first kappa shape index (κ1) is 19.9. The molecule has 2 aromatic rings. The number of carbonyl (C=O) groups is 1. The van der Waals surface area contributed by atoms with Gasteiger partial charge in [-0.25, -0.2) is 13.2 Å². The summed E-state index contributed by atoms with van der Waals surface area (Å²) >= 11 is 0. The fourth-order valence-electron chi connectivity index (χ4n) is 3.23. The Hall–Kier alpha value is -2.80. The minimum Gasteiger partial charge on any atom is -0.478 e. The zero-order valence-electron chi connectivity index (χ0n) is 15.5. The molecule has 3 rings (SSSR count). The first-order valence-corrected chi connectivity index (χ1v) is 10.8. The molecular formula is C21H24N2O4S. The summed E-state index contributed by atoms with van der Waals surface area (Å²) in [6.07, 6.45) is 7.70. The fourth-order valence-corrected chi connectivity index (χ4v) is 4.50. The van der Waals surface area contributed by atoms with Crippen LogP contribution < -0.4 is 10.0 Å². The van der Waals surface area contributed by atoms with Crippen molar-refractivity contribution in [2.75, 3.05) is 16.6 Å². The zero-order valence-corrected chi connectivity index (χ0v) is 16.3. The maximum atomic E-state index is 12.9. The van der Waals surface area contributed by atoms with E-state index in [9.17, 15) is 18.3 Å². The quantitative estimate of drug-likeness (QED) is 0.568. The summed E-state index contributed by atoms with van der Waals surface area (Å²) in [5.74, 6) is -1.17. The molecule has 0 saturated heterocycles. The SMILES string of the molecule is O=C(O)c1ccc(NCCC2=CCCCC2)c(S(=O)(=O)Nc2ccccc2)c1. The predicted molar refractivity (Wildman–Crippen MR) is 110 cm³/mol. The lowest BCUT2D eigenvalue weighted by Gasteiger charge is -2.16. The molecule has 28 heavy (non-hydrogen) atoms. The normalized spacial score (nSPS) is 14.2. The van der Waals surface area contributed by atoms with Crippen LogP contribution in [0.5, 0.6) is 0 Å². The summed E-state index contributed by atoms with van der Waals surface area (Å²) in [6.45, 7) is 0.589.